The van der Waals surface area contributed by atoms with E-state index in [1.165, 1.54) is 30.4 Å². The Bertz CT molecular complexity index is 441. The molecule has 0 fully saturated rings. The van der Waals surface area contributed by atoms with Gasteiger partial charge in [0.15, 0.2) is 0 Å². The van der Waals surface area contributed by atoms with E-state index < -0.39 is 0 Å². The van der Waals surface area contributed by atoms with Crippen molar-refractivity contribution in [2.45, 2.75) is 51.5 Å². The maximum absolute atomic E-state index is 6.26. The smallest absolute Gasteiger partial charge is 0.0584 e. The first-order chi connectivity index (χ1) is 9.51. The fourth-order valence-corrected chi connectivity index (χ4v) is 3.53. The second-order valence-corrected chi connectivity index (χ2v) is 6.87. The number of nitrogens with two attached hydrogens (primary N) is 1. The molecular weight excluding hydrogens is 244 g/mol. The van der Waals surface area contributed by atoms with Gasteiger partial charge in [-0.3, -0.25) is 4.90 Å². The summed E-state index contributed by atoms with van der Waals surface area (Å²) in [7, 11) is 2.25. The van der Waals surface area contributed by atoms with Crippen molar-refractivity contribution in [2.24, 2.45) is 11.7 Å². The highest BCUT2D eigenvalue weighted by molar-refractivity contribution is 5.39. The minimum absolute atomic E-state index is 0.0397. The zero-order chi connectivity index (χ0) is 14.8. The van der Waals surface area contributed by atoms with Crippen LogP contribution >= 0.6 is 0 Å². The molecule has 1 aromatic rings. The predicted molar refractivity (Wildman–Crippen MR) is 86.9 cm³/mol. The van der Waals surface area contributed by atoms with Crippen LogP contribution in [-0.4, -0.2) is 25.0 Å². The standard InChI is InChI=1S/C18H30N2/c1-14(2)10-12-20(4)18(13-19)11-9-15(3)16-7-5-6-8-17(16)18/h5-8,14-15H,9-13,19H2,1-4H3. The Morgan fingerprint density at radius 2 is 2.05 bits per heavy atom. The normalized spacial score (nSPS) is 26.1. The highest BCUT2D eigenvalue weighted by atomic mass is 15.2. The van der Waals surface area contributed by atoms with Crippen molar-refractivity contribution < 1.29 is 0 Å². The molecule has 0 aliphatic heterocycles. The molecule has 2 unspecified atom stereocenters. The van der Waals surface area contributed by atoms with Crippen molar-refractivity contribution in [1.82, 2.24) is 4.90 Å². The van der Waals surface area contributed by atoms with Crippen molar-refractivity contribution in [3.63, 3.8) is 0 Å². The number of hydrogen-bond acceptors (Lipinski definition) is 2. The van der Waals surface area contributed by atoms with Crippen LogP contribution in [0.25, 0.3) is 0 Å². The molecule has 0 bridgehead atoms. The Balaban J connectivity index is 2.33. The molecule has 0 amide bonds. The maximum Gasteiger partial charge on any atom is 0.0584 e. The highest BCUT2D eigenvalue weighted by Crippen LogP contribution is 2.43. The Labute approximate surface area is 124 Å². The van der Waals surface area contributed by atoms with E-state index >= 15 is 0 Å². The van der Waals surface area contributed by atoms with Gasteiger partial charge in [-0.25, -0.2) is 0 Å². The van der Waals surface area contributed by atoms with Gasteiger partial charge in [-0.05, 0) is 55.8 Å². The lowest BCUT2D eigenvalue weighted by Gasteiger charge is -2.47. The molecule has 1 aliphatic carbocycles. The van der Waals surface area contributed by atoms with Gasteiger partial charge in [0.2, 0.25) is 0 Å². The summed E-state index contributed by atoms with van der Waals surface area (Å²) in [6.45, 7) is 8.76. The quantitative estimate of drug-likeness (QED) is 0.886. The second-order valence-electron chi connectivity index (χ2n) is 6.87. The molecule has 20 heavy (non-hydrogen) atoms. The van der Waals surface area contributed by atoms with Crippen LogP contribution < -0.4 is 5.73 Å². The minimum Gasteiger partial charge on any atom is -0.328 e. The van der Waals surface area contributed by atoms with E-state index in [4.69, 9.17) is 5.73 Å². The first-order valence-corrected chi connectivity index (χ1v) is 8.02. The third-order valence-electron chi connectivity index (χ3n) is 5.09. The molecule has 2 atom stereocenters. The van der Waals surface area contributed by atoms with Gasteiger partial charge in [-0.1, -0.05) is 45.0 Å². The molecule has 112 valence electrons. The minimum atomic E-state index is 0.0397. The van der Waals surface area contributed by atoms with Crippen molar-refractivity contribution in [3.05, 3.63) is 35.4 Å². The fraction of sp³-hybridized carbons (Fsp3) is 0.667. The van der Waals surface area contributed by atoms with Gasteiger partial charge in [0.05, 0.1) is 5.54 Å². The highest BCUT2D eigenvalue weighted by Gasteiger charge is 2.40. The van der Waals surface area contributed by atoms with Gasteiger partial charge >= 0.3 is 0 Å². The summed E-state index contributed by atoms with van der Waals surface area (Å²) in [5.41, 5.74) is 9.27. The average molecular weight is 274 g/mol. The molecule has 2 N–H and O–H groups in total. The van der Waals surface area contributed by atoms with Crippen LogP contribution in [0.1, 0.15) is 57.1 Å². The zero-order valence-electron chi connectivity index (χ0n) is 13.5. The molecular formula is C18H30N2. The molecule has 0 saturated carbocycles. The molecule has 0 spiro atoms. The van der Waals surface area contributed by atoms with E-state index in [1.807, 2.05) is 0 Å². The van der Waals surface area contributed by atoms with Crippen LogP contribution in [-0.2, 0) is 5.54 Å². The van der Waals surface area contributed by atoms with Crippen LogP contribution in [0.3, 0.4) is 0 Å². The van der Waals surface area contributed by atoms with Crippen LogP contribution in [0.5, 0.6) is 0 Å². The molecule has 0 heterocycles. The van der Waals surface area contributed by atoms with Crippen molar-refractivity contribution in [2.75, 3.05) is 20.1 Å². The van der Waals surface area contributed by atoms with Gasteiger partial charge in [0.1, 0.15) is 0 Å². The van der Waals surface area contributed by atoms with Gasteiger partial charge in [-0.2, -0.15) is 0 Å². The van der Waals surface area contributed by atoms with E-state index in [0.717, 1.165) is 12.5 Å². The summed E-state index contributed by atoms with van der Waals surface area (Å²) in [4.78, 5) is 2.51. The largest absolute Gasteiger partial charge is 0.328 e. The summed E-state index contributed by atoms with van der Waals surface area (Å²) in [5, 5.41) is 0. The van der Waals surface area contributed by atoms with E-state index in [0.29, 0.717) is 12.5 Å². The third kappa shape index (κ3) is 2.77. The monoisotopic (exact) mass is 274 g/mol. The van der Waals surface area contributed by atoms with E-state index in [9.17, 15) is 0 Å². The molecule has 0 aromatic heterocycles. The molecule has 2 rings (SSSR count). The number of benzene rings is 1. The van der Waals surface area contributed by atoms with E-state index in [1.54, 1.807) is 0 Å². The lowest BCUT2D eigenvalue weighted by molar-refractivity contribution is 0.0943. The predicted octanol–water partition coefficient (Wildman–Crippen LogP) is 3.72. The Morgan fingerprint density at radius 1 is 1.35 bits per heavy atom. The topological polar surface area (TPSA) is 29.3 Å². The number of hydrogen-bond donors (Lipinski definition) is 1. The van der Waals surface area contributed by atoms with Gasteiger partial charge < -0.3 is 5.73 Å². The zero-order valence-corrected chi connectivity index (χ0v) is 13.5. The van der Waals surface area contributed by atoms with Gasteiger partial charge in [0.25, 0.3) is 0 Å². The van der Waals surface area contributed by atoms with Crippen molar-refractivity contribution in [3.8, 4) is 0 Å². The Hall–Kier alpha value is -0.860. The summed E-state index contributed by atoms with van der Waals surface area (Å²) in [6, 6.07) is 8.91. The second kappa shape index (κ2) is 6.28. The molecule has 1 aromatic carbocycles. The summed E-state index contributed by atoms with van der Waals surface area (Å²) < 4.78 is 0. The average Bonchev–Trinajstić information content (AvgIpc) is 2.46. The van der Waals surface area contributed by atoms with Crippen LogP contribution in [0.4, 0.5) is 0 Å². The Kier molecular flexibility index (Phi) is 4.87. The number of fused-ring (bicyclic) bond motifs is 1. The van der Waals surface area contributed by atoms with Crippen LogP contribution in [0.2, 0.25) is 0 Å². The molecule has 2 nitrogen and oxygen atoms in total. The van der Waals surface area contributed by atoms with E-state index in [2.05, 4.69) is 57.0 Å². The Morgan fingerprint density at radius 3 is 2.70 bits per heavy atom. The molecule has 1 aliphatic rings. The number of nitrogens with zero attached hydrogens (tertiary/aromatic N) is 1. The molecule has 0 radical (unpaired) electrons. The van der Waals surface area contributed by atoms with Crippen LogP contribution in [0.15, 0.2) is 24.3 Å². The SMILES string of the molecule is CC(C)CCN(C)C1(CN)CCC(C)c2ccccc21. The van der Waals surface area contributed by atoms with Gasteiger partial charge in [0, 0.05) is 6.54 Å². The van der Waals surface area contributed by atoms with E-state index in [-0.39, 0.29) is 5.54 Å². The lowest BCUT2D eigenvalue weighted by Crippen LogP contribution is -2.52. The molecule has 0 saturated heterocycles. The van der Waals surface area contributed by atoms with Crippen molar-refractivity contribution >= 4 is 0 Å². The van der Waals surface area contributed by atoms with Crippen molar-refractivity contribution in [1.29, 1.82) is 0 Å². The molecule has 2 heteroatoms. The van der Waals surface area contributed by atoms with Crippen LogP contribution in [0, 0.1) is 5.92 Å². The summed E-state index contributed by atoms with van der Waals surface area (Å²) in [5.74, 6) is 1.40. The summed E-state index contributed by atoms with van der Waals surface area (Å²) in [6.07, 6.45) is 3.65. The first kappa shape index (κ1) is 15.5. The summed E-state index contributed by atoms with van der Waals surface area (Å²) >= 11 is 0. The number of rotatable bonds is 5. The number of likely N-dealkylation sites (N-methyl/N-ethyl adjacent to an activating group) is 1. The maximum atomic E-state index is 6.26. The van der Waals surface area contributed by atoms with Gasteiger partial charge in [-0.15, -0.1) is 0 Å². The fourth-order valence-electron chi connectivity index (χ4n) is 3.53. The lowest BCUT2D eigenvalue weighted by atomic mass is 9.71. The third-order valence-corrected chi connectivity index (χ3v) is 5.09. The first-order valence-electron chi connectivity index (χ1n) is 8.02.